The minimum absolute atomic E-state index is 0.292. The molecule has 1 unspecified atom stereocenters. The summed E-state index contributed by atoms with van der Waals surface area (Å²) in [6.07, 6.45) is 7.25. The standard InChI is InChI=1S/C17H26/c1-7-17(6)10-13(3)15-14(11-17)8-12(2)9-16(15,4)5/h8H,2,7,9-11H2,1,3-6H3. The van der Waals surface area contributed by atoms with Crippen LogP contribution in [0.5, 0.6) is 0 Å². The summed E-state index contributed by atoms with van der Waals surface area (Å²) in [5.74, 6) is 0. The summed E-state index contributed by atoms with van der Waals surface area (Å²) in [5, 5.41) is 0. The van der Waals surface area contributed by atoms with Crippen LogP contribution in [0.15, 0.2) is 34.9 Å². The van der Waals surface area contributed by atoms with Gasteiger partial charge in [0, 0.05) is 0 Å². The highest BCUT2D eigenvalue weighted by Gasteiger charge is 2.39. The Balaban J connectivity index is 2.52. The summed E-state index contributed by atoms with van der Waals surface area (Å²) < 4.78 is 0. The fourth-order valence-corrected chi connectivity index (χ4v) is 3.95. The predicted molar refractivity (Wildman–Crippen MR) is 76.0 cm³/mol. The van der Waals surface area contributed by atoms with E-state index in [2.05, 4.69) is 47.3 Å². The number of fused-ring (bicyclic) bond motifs is 1. The van der Waals surface area contributed by atoms with Crippen molar-refractivity contribution in [3.8, 4) is 0 Å². The molecule has 0 saturated carbocycles. The molecule has 0 aromatic rings. The lowest BCUT2D eigenvalue weighted by Gasteiger charge is -2.44. The van der Waals surface area contributed by atoms with Crippen LogP contribution in [0.3, 0.4) is 0 Å². The smallest absolute Gasteiger partial charge is 0.00612 e. The summed E-state index contributed by atoms with van der Waals surface area (Å²) in [4.78, 5) is 0. The Morgan fingerprint density at radius 3 is 2.41 bits per heavy atom. The molecule has 0 heteroatoms. The second-order valence-corrected chi connectivity index (χ2v) is 7.06. The van der Waals surface area contributed by atoms with E-state index >= 15 is 0 Å². The van der Waals surface area contributed by atoms with Gasteiger partial charge in [-0.2, -0.15) is 0 Å². The molecule has 2 rings (SSSR count). The molecule has 0 nitrogen and oxygen atoms in total. The van der Waals surface area contributed by atoms with Crippen molar-refractivity contribution in [1.82, 2.24) is 0 Å². The van der Waals surface area contributed by atoms with Gasteiger partial charge in [-0.15, -0.1) is 0 Å². The van der Waals surface area contributed by atoms with E-state index in [9.17, 15) is 0 Å². The van der Waals surface area contributed by atoms with Gasteiger partial charge in [0.1, 0.15) is 0 Å². The summed E-state index contributed by atoms with van der Waals surface area (Å²) >= 11 is 0. The first-order valence-corrected chi connectivity index (χ1v) is 6.86. The second kappa shape index (κ2) is 3.86. The van der Waals surface area contributed by atoms with Gasteiger partial charge in [0.25, 0.3) is 0 Å². The van der Waals surface area contributed by atoms with E-state index < -0.39 is 0 Å². The highest BCUT2D eigenvalue weighted by molar-refractivity contribution is 5.50. The minimum atomic E-state index is 0.292. The first kappa shape index (κ1) is 12.7. The van der Waals surface area contributed by atoms with Crippen molar-refractivity contribution in [3.05, 3.63) is 34.9 Å². The summed E-state index contributed by atoms with van der Waals surface area (Å²) in [6, 6.07) is 0. The molecule has 17 heavy (non-hydrogen) atoms. The van der Waals surface area contributed by atoms with E-state index in [4.69, 9.17) is 0 Å². The maximum Gasteiger partial charge on any atom is -0.00612 e. The van der Waals surface area contributed by atoms with Crippen molar-refractivity contribution in [2.24, 2.45) is 10.8 Å². The van der Waals surface area contributed by atoms with E-state index in [0.717, 1.165) is 6.42 Å². The molecule has 0 aliphatic heterocycles. The average molecular weight is 230 g/mol. The lowest BCUT2D eigenvalue weighted by atomic mass is 9.60. The fourth-order valence-electron chi connectivity index (χ4n) is 3.95. The highest BCUT2D eigenvalue weighted by atomic mass is 14.4. The number of hydrogen-bond donors (Lipinski definition) is 0. The summed E-state index contributed by atoms with van der Waals surface area (Å²) in [7, 11) is 0. The Hall–Kier alpha value is -0.780. The topological polar surface area (TPSA) is 0 Å². The zero-order valence-corrected chi connectivity index (χ0v) is 12.1. The first-order valence-electron chi connectivity index (χ1n) is 6.86. The maximum atomic E-state index is 4.20. The molecule has 0 amide bonds. The third-order valence-corrected chi connectivity index (χ3v) is 4.63. The third kappa shape index (κ3) is 2.14. The Labute approximate surface area is 106 Å². The fraction of sp³-hybridized carbons (Fsp3) is 0.647. The molecule has 0 bridgehead atoms. The van der Waals surface area contributed by atoms with Gasteiger partial charge < -0.3 is 0 Å². The summed E-state index contributed by atoms with van der Waals surface area (Å²) in [5.41, 5.74) is 6.88. The van der Waals surface area contributed by atoms with Crippen molar-refractivity contribution < 1.29 is 0 Å². The van der Waals surface area contributed by atoms with Crippen molar-refractivity contribution >= 4 is 0 Å². The lowest BCUT2D eigenvalue weighted by Crippen LogP contribution is -2.30. The molecule has 0 N–H and O–H groups in total. The van der Waals surface area contributed by atoms with Crippen molar-refractivity contribution in [2.75, 3.05) is 0 Å². The van der Waals surface area contributed by atoms with E-state index in [-0.39, 0.29) is 0 Å². The van der Waals surface area contributed by atoms with Gasteiger partial charge in [0.15, 0.2) is 0 Å². The van der Waals surface area contributed by atoms with Crippen LogP contribution in [0.1, 0.15) is 60.3 Å². The van der Waals surface area contributed by atoms with E-state index in [1.807, 2.05) is 0 Å². The summed E-state index contributed by atoms with van der Waals surface area (Å²) in [6.45, 7) is 16.0. The Bertz CT molecular complexity index is 417. The molecule has 0 heterocycles. The van der Waals surface area contributed by atoms with Gasteiger partial charge in [0.2, 0.25) is 0 Å². The van der Waals surface area contributed by atoms with Gasteiger partial charge in [-0.3, -0.25) is 0 Å². The van der Waals surface area contributed by atoms with Crippen LogP contribution in [0.25, 0.3) is 0 Å². The van der Waals surface area contributed by atoms with Crippen LogP contribution in [0.2, 0.25) is 0 Å². The number of allylic oxidation sites excluding steroid dienone is 5. The van der Waals surface area contributed by atoms with Gasteiger partial charge in [-0.05, 0) is 48.2 Å². The predicted octanol–water partition coefficient (Wildman–Crippen LogP) is 5.43. The Morgan fingerprint density at radius 2 is 1.82 bits per heavy atom. The highest BCUT2D eigenvalue weighted by Crippen LogP contribution is 2.53. The number of hydrogen-bond acceptors (Lipinski definition) is 0. The Morgan fingerprint density at radius 1 is 1.18 bits per heavy atom. The monoisotopic (exact) mass is 230 g/mol. The molecule has 0 aromatic heterocycles. The van der Waals surface area contributed by atoms with Gasteiger partial charge in [-0.25, -0.2) is 0 Å². The van der Waals surface area contributed by atoms with Gasteiger partial charge in [-0.1, -0.05) is 57.9 Å². The second-order valence-electron chi connectivity index (χ2n) is 7.06. The van der Waals surface area contributed by atoms with Crippen LogP contribution < -0.4 is 0 Å². The van der Waals surface area contributed by atoms with Crippen molar-refractivity contribution in [3.63, 3.8) is 0 Å². The molecule has 2 aliphatic rings. The van der Waals surface area contributed by atoms with Gasteiger partial charge in [0.05, 0.1) is 0 Å². The van der Waals surface area contributed by atoms with Crippen LogP contribution in [0.4, 0.5) is 0 Å². The lowest BCUT2D eigenvalue weighted by molar-refractivity contribution is 0.278. The molecule has 0 saturated heterocycles. The molecule has 0 spiro atoms. The zero-order chi connectivity index (χ0) is 12.8. The largest absolute Gasteiger partial charge is 0.0958 e. The van der Waals surface area contributed by atoms with Crippen LogP contribution in [0, 0.1) is 10.8 Å². The van der Waals surface area contributed by atoms with E-state index in [1.165, 1.54) is 24.8 Å². The zero-order valence-electron chi connectivity index (χ0n) is 12.1. The van der Waals surface area contributed by atoms with E-state index in [0.29, 0.717) is 10.8 Å². The van der Waals surface area contributed by atoms with Gasteiger partial charge >= 0.3 is 0 Å². The maximum absolute atomic E-state index is 4.20. The van der Waals surface area contributed by atoms with Crippen LogP contribution >= 0.6 is 0 Å². The quantitative estimate of drug-likeness (QED) is 0.564. The Kier molecular flexibility index (Phi) is 2.88. The molecule has 94 valence electrons. The van der Waals surface area contributed by atoms with Crippen molar-refractivity contribution in [2.45, 2.75) is 60.3 Å². The molecule has 1 atom stereocenters. The number of rotatable bonds is 1. The molecule has 0 radical (unpaired) electrons. The molecule has 0 fully saturated rings. The van der Waals surface area contributed by atoms with Crippen LogP contribution in [-0.2, 0) is 0 Å². The normalized spacial score (nSPS) is 32.3. The molecule has 2 aliphatic carbocycles. The van der Waals surface area contributed by atoms with Crippen LogP contribution in [-0.4, -0.2) is 0 Å². The minimum Gasteiger partial charge on any atom is -0.0958 e. The average Bonchev–Trinajstić information content (AvgIpc) is 2.13. The van der Waals surface area contributed by atoms with E-state index in [1.54, 1.807) is 16.7 Å². The first-order chi connectivity index (χ1) is 7.77. The molecular formula is C17H26. The SMILES string of the molecule is C=C1C=C2CC(C)(CC)CC(C)=C2C(C)(C)C1. The third-order valence-electron chi connectivity index (χ3n) is 4.63. The van der Waals surface area contributed by atoms with Crippen molar-refractivity contribution in [1.29, 1.82) is 0 Å². The molecule has 0 aromatic carbocycles. The molecular weight excluding hydrogens is 204 g/mol.